The quantitative estimate of drug-likeness (QED) is 0.811. The molecule has 7 heteroatoms. The van der Waals surface area contributed by atoms with Gasteiger partial charge in [0.25, 0.3) is 0 Å². The van der Waals surface area contributed by atoms with E-state index >= 15 is 0 Å². The van der Waals surface area contributed by atoms with Crippen molar-refractivity contribution >= 4 is 17.7 Å². The molecule has 1 aliphatic rings. The van der Waals surface area contributed by atoms with Gasteiger partial charge < -0.3 is 5.32 Å². The highest BCUT2D eigenvalue weighted by molar-refractivity contribution is 8.00. The van der Waals surface area contributed by atoms with Gasteiger partial charge >= 0.3 is 0 Å². The summed E-state index contributed by atoms with van der Waals surface area (Å²) in [5, 5.41) is 10.1. The molecule has 0 unspecified atom stereocenters. The number of carbonyl (C=O) groups excluding carboxylic acids is 1. The van der Waals surface area contributed by atoms with Crippen molar-refractivity contribution < 1.29 is 9.18 Å². The molecule has 0 bridgehead atoms. The lowest BCUT2D eigenvalue weighted by molar-refractivity contribution is -0.121. The average Bonchev–Trinajstić information content (AvgIpc) is 3.04. The van der Waals surface area contributed by atoms with Gasteiger partial charge in [-0.15, -0.1) is 5.10 Å². The Labute approximate surface area is 144 Å². The maximum atomic E-state index is 13.8. The molecular weight excluding hydrogens is 327 g/mol. The second kappa shape index (κ2) is 7.79. The minimum Gasteiger partial charge on any atom is -0.352 e. The molecule has 1 heterocycles. The SMILES string of the molecule is C[C@H](Sc1n[nH]c(-c2ccccc2F)n1)C(=O)NC1CCCCC1. The molecule has 0 spiro atoms. The van der Waals surface area contributed by atoms with Gasteiger partial charge in [-0.05, 0) is 31.9 Å². The topological polar surface area (TPSA) is 70.7 Å². The molecule has 1 aromatic carbocycles. The molecule has 1 amide bonds. The van der Waals surface area contributed by atoms with Gasteiger partial charge in [-0.2, -0.15) is 0 Å². The zero-order valence-corrected chi connectivity index (χ0v) is 14.4. The number of nitrogens with one attached hydrogen (secondary N) is 2. The van der Waals surface area contributed by atoms with Crippen LogP contribution in [0.15, 0.2) is 29.4 Å². The van der Waals surface area contributed by atoms with Crippen molar-refractivity contribution in [3.8, 4) is 11.4 Å². The van der Waals surface area contributed by atoms with E-state index in [0.717, 1.165) is 12.8 Å². The maximum Gasteiger partial charge on any atom is 0.233 e. The standard InChI is InChI=1S/C17H21FN4OS/c1-11(16(23)19-12-7-3-2-4-8-12)24-17-20-15(21-22-17)13-9-5-6-10-14(13)18/h5-6,9-12H,2-4,7-8H2,1H3,(H,19,23)(H,20,21,22)/t11-/m0/s1. The number of H-pyrrole nitrogens is 1. The zero-order chi connectivity index (χ0) is 16.9. The van der Waals surface area contributed by atoms with Crippen molar-refractivity contribution in [2.24, 2.45) is 0 Å². The minimum absolute atomic E-state index is 0.00383. The molecule has 1 aromatic heterocycles. The average molecular weight is 348 g/mol. The van der Waals surface area contributed by atoms with Crippen molar-refractivity contribution in [1.29, 1.82) is 0 Å². The van der Waals surface area contributed by atoms with Crippen LogP contribution in [0.1, 0.15) is 39.0 Å². The normalized spacial score (nSPS) is 16.8. The number of amides is 1. The molecule has 1 saturated carbocycles. The summed E-state index contributed by atoms with van der Waals surface area (Å²) >= 11 is 1.27. The lowest BCUT2D eigenvalue weighted by atomic mass is 9.95. The molecule has 5 nitrogen and oxygen atoms in total. The first-order valence-electron chi connectivity index (χ1n) is 8.28. The predicted octanol–water partition coefficient (Wildman–Crippen LogP) is 3.54. The number of carbonyl (C=O) groups is 1. The monoisotopic (exact) mass is 348 g/mol. The number of thioether (sulfide) groups is 1. The van der Waals surface area contributed by atoms with E-state index in [1.807, 2.05) is 6.92 Å². The van der Waals surface area contributed by atoms with Gasteiger partial charge in [0, 0.05) is 6.04 Å². The van der Waals surface area contributed by atoms with E-state index in [1.54, 1.807) is 18.2 Å². The maximum absolute atomic E-state index is 13.8. The van der Waals surface area contributed by atoms with Gasteiger partial charge in [-0.25, -0.2) is 9.37 Å². The van der Waals surface area contributed by atoms with E-state index in [2.05, 4.69) is 20.5 Å². The van der Waals surface area contributed by atoms with Crippen molar-refractivity contribution in [1.82, 2.24) is 20.5 Å². The second-order valence-electron chi connectivity index (χ2n) is 6.05. The zero-order valence-electron chi connectivity index (χ0n) is 13.6. The first kappa shape index (κ1) is 17.0. The van der Waals surface area contributed by atoms with E-state index in [4.69, 9.17) is 0 Å². The highest BCUT2D eigenvalue weighted by Crippen LogP contribution is 2.25. The Morgan fingerprint density at radius 1 is 1.33 bits per heavy atom. The Morgan fingerprint density at radius 3 is 2.83 bits per heavy atom. The minimum atomic E-state index is -0.353. The van der Waals surface area contributed by atoms with Crippen LogP contribution in [-0.4, -0.2) is 32.4 Å². The predicted molar refractivity (Wildman–Crippen MR) is 92.1 cm³/mol. The van der Waals surface area contributed by atoms with Crippen LogP contribution in [0.3, 0.4) is 0 Å². The van der Waals surface area contributed by atoms with E-state index in [-0.39, 0.29) is 23.0 Å². The van der Waals surface area contributed by atoms with Crippen LogP contribution >= 0.6 is 11.8 Å². The smallest absolute Gasteiger partial charge is 0.233 e. The Bertz CT molecular complexity index is 699. The highest BCUT2D eigenvalue weighted by Gasteiger charge is 2.22. The highest BCUT2D eigenvalue weighted by atomic mass is 32.2. The van der Waals surface area contributed by atoms with E-state index in [9.17, 15) is 9.18 Å². The number of hydrogen-bond acceptors (Lipinski definition) is 4. The molecule has 2 N–H and O–H groups in total. The van der Waals surface area contributed by atoms with Crippen LogP contribution < -0.4 is 5.32 Å². The summed E-state index contributed by atoms with van der Waals surface area (Å²) < 4.78 is 13.8. The molecule has 1 fully saturated rings. The molecule has 1 aliphatic carbocycles. The third kappa shape index (κ3) is 4.14. The van der Waals surface area contributed by atoms with Crippen molar-refractivity contribution in [3.05, 3.63) is 30.1 Å². The number of aromatic amines is 1. The molecule has 128 valence electrons. The summed E-state index contributed by atoms with van der Waals surface area (Å²) in [6, 6.07) is 6.68. The van der Waals surface area contributed by atoms with Crippen molar-refractivity contribution in [3.63, 3.8) is 0 Å². The number of aromatic nitrogens is 3. The van der Waals surface area contributed by atoms with Crippen LogP contribution in [0, 0.1) is 5.82 Å². The van der Waals surface area contributed by atoms with Gasteiger partial charge in [0.15, 0.2) is 5.82 Å². The molecule has 3 rings (SSSR count). The van der Waals surface area contributed by atoms with E-state index < -0.39 is 0 Å². The van der Waals surface area contributed by atoms with Gasteiger partial charge in [0.05, 0.1) is 10.8 Å². The molecule has 24 heavy (non-hydrogen) atoms. The largest absolute Gasteiger partial charge is 0.352 e. The van der Waals surface area contributed by atoms with Crippen LogP contribution in [0.25, 0.3) is 11.4 Å². The summed E-state index contributed by atoms with van der Waals surface area (Å²) in [4.78, 5) is 16.6. The Balaban J connectivity index is 1.59. The third-order valence-electron chi connectivity index (χ3n) is 4.20. The lowest BCUT2D eigenvalue weighted by Crippen LogP contribution is -2.40. The van der Waals surface area contributed by atoms with Gasteiger partial charge in [-0.1, -0.05) is 43.2 Å². The van der Waals surface area contributed by atoms with E-state index in [1.165, 1.54) is 37.1 Å². The second-order valence-corrected chi connectivity index (χ2v) is 7.36. The molecule has 0 saturated heterocycles. The van der Waals surface area contributed by atoms with Gasteiger partial charge in [-0.3, -0.25) is 9.89 Å². The first-order valence-corrected chi connectivity index (χ1v) is 9.16. The third-order valence-corrected chi connectivity index (χ3v) is 5.16. The summed E-state index contributed by atoms with van der Waals surface area (Å²) in [6.45, 7) is 1.84. The fraction of sp³-hybridized carbons (Fsp3) is 0.471. The van der Waals surface area contributed by atoms with Crippen LogP contribution in [0.4, 0.5) is 4.39 Å². The van der Waals surface area contributed by atoms with E-state index in [0.29, 0.717) is 16.5 Å². The lowest BCUT2D eigenvalue weighted by Gasteiger charge is -2.24. The van der Waals surface area contributed by atoms with Crippen molar-refractivity contribution in [2.75, 3.05) is 0 Å². The molecule has 2 aromatic rings. The van der Waals surface area contributed by atoms with Crippen LogP contribution in [0.5, 0.6) is 0 Å². The Kier molecular flexibility index (Phi) is 5.50. The Morgan fingerprint density at radius 2 is 2.08 bits per heavy atom. The number of halogens is 1. The summed E-state index contributed by atoms with van der Waals surface area (Å²) in [7, 11) is 0. The number of rotatable bonds is 5. The fourth-order valence-electron chi connectivity index (χ4n) is 2.85. The van der Waals surface area contributed by atoms with Gasteiger partial charge in [0.1, 0.15) is 5.82 Å². The fourth-order valence-corrected chi connectivity index (χ4v) is 3.58. The summed E-state index contributed by atoms with van der Waals surface area (Å²) in [6.07, 6.45) is 5.73. The van der Waals surface area contributed by atoms with Crippen LogP contribution in [0.2, 0.25) is 0 Å². The number of benzene rings is 1. The summed E-state index contributed by atoms with van der Waals surface area (Å²) in [5.74, 6) is 0.0212. The number of nitrogens with zero attached hydrogens (tertiary/aromatic N) is 2. The van der Waals surface area contributed by atoms with Gasteiger partial charge in [0.2, 0.25) is 11.1 Å². The molecule has 0 aliphatic heterocycles. The molecular formula is C17H21FN4OS. The molecule has 1 atom stereocenters. The molecule has 0 radical (unpaired) electrons. The van der Waals surface area contributed by atoms with Crippen molar-refractivity contribution in [2.45, 2.75) is 55.5 Å². The first-order chi connectivity index (χ1) is 11.6. The Hall–Kier alpha value is -1.89. The number of hydrogen-bond donors (Lipinski definition) is 2. The summed E-state index contributed by atoms with van der Waals surface area (Å²) in [5.41, 5.74) is 0.371. The van der Waals surface area contributed by atoms with Crippen LogP contribution in [-0.2, 0) is 4.79 Å².